The Kier molecular flexibility index (Phi) is 4.57. The number of hydrogen-bond acceptors (Lipinski definition) is 5. The SMILES string of the molecule is C[C@@H](OC(=O)Cc1cn2ccsc2n1)C(=O)Nc1ccccc1F. The molecule has 0 spiro atoms. The molecule has 1 atom stereocenters. The molecule has 8 heteroatoms. The molecule has 6 nitrogen and oxygen atoms in total. The summed E-state index contributed by atoms with van der Waals surface area (Å²) in [6, 6.07) is 5.78. The highest BCUT2D eigenvalue weighted by molar-refractivity contribution is 7.15. The Morgan fingerprint density at radius 2 is 2.21 bits per heavy atom. The minimum Gasteiger partial charge on any atom is -0.452 e. The molecule has 0 radical (unpaired) electrons. The fourth-order valence-electron chi connectivity index (χ4n) is 2.10. The minimum absolute atomic E-state index is 0.0360. The van der Waals surface area contributed by atoms with E-state index in [0.717, 1.165) is 4.96 Å². The number of nitrogens with one attached hydrogen (secondary N) is 1. The zero-order valence-corrected chi connectivity index (χ0v) is 13.5. The van der Waals surface area contributed by atoms with E-state index in [9.17, 15) is 14.0 Å². The molecule has 0 aliphatic rings. The number of halogens is 1. The summed E-state index contributed by atoms with van der Waals surface area (Å²) >= 11 is 1.46. The predicted octanol–water partition coefficient (Wildman–Crippen LogP) is 2.65. The lowest BCUT2D eigenvalue weighted by Crippen LogP contribution is -2.30. The maximum absolute atomic E-state index is 13.5. The van der Waals surface area contributed by atoms with Crippen LogP contribution in [0.15, 0.2) is 42.0 Å². The molecule has 3 rings (SSSR count). The zero-order chi connectivity index (χ0) is 17.1. The Bertz CT molecular complexity index is 861. The molecule has 1 amide bonds. The summed E-state index contributed by atoms with van der Waals surface area (Å²) in [7, 11) is 0. The third kappa shape index (κ3) is 3.60. The molecule has 2 aromatic heterocycles. The van der Waals surface area contributed by atoms with E-state index >= 15 is 0 Å². The monoisotopic (exact) mass is 347 g/mol. The van der Waals surface area contributed by atoms with Gasteiger partial charge in [0, 0.05) is 17.8 Å². The van der Waals surface area contributed by atoms with Crippen molar-refractivity contribution < 1.29 is 18.7 Å². The lowest BCUT2D eigenvalue weighted by atomic mass is 10.3. The predicted molar refractivity (Wildman–Crippen MR) is 87.4 cm³/mol. The maximum atomic E-state index is 13.5. The van der Waals surface area contributed by atoms with Crippen molar-refractivity contribution in [2.45, 2.75) is 19.4 Å². The fraction of sp³-hybridized carbons (Fsp3) is 0.188. The first kappa shape index (κ1) is 16.1. The van der Waals surface area contributed by atoms with Gasteiger partial charge in [-0.25, -0.2) is 9.37 Å². The second kappa shape index (κ2) is 6.79. The number of benzene rings is 1. The first-order valence-corrected chi connectivity index (χ1v) is 8.07. The van der Waals surface area contributed by atoms with Gasteiger partial charge in [-0.2, -0.15) is 0 Å². The highest BCUT2D eigenvalue weighted by Crippen LogP contribution is 2.14. The molecule has 3 aromatic rings. The molecule has 0 fully saturated rings. The van der Waals surface area contributed by atoms with Crippen molar-refractivity contribution in [3.05, 3.63) is 53.6 Å². The van der Waals surface area contributed by atoms with Crippen LogP contribution < -0.4 is 5.32 Å². The number of nitrogens with zero attached hydrogens (tertiary/aromatic N) is 2. The van der Waals surface area contributed by atoms with Crippen LogP contribution in [0.2, 0.25) is 0 Å². The summed E-state index contributed by atoms with van der Waals surface area (Å²) in [4.78, 5) is 29.0. The number of ether oxygens (including phenoxy) is 1. The molecule has 124 valence electrons. The van der Waals surface area contributed by atoms with Gasteiger partial charge in [0.15, 0.2) is 11.1 Å². The summed E-state index contributed by atoms with van der Waals surface area (Å²) in [5.74, 6) is -1.72. The second-order valence-electron chi connectivity index (χ2n) is 5.10. The van der Waals surface area contributed by atoms with Crippen molar-refractivity contribution >= 4 is 33.9 Å². The first-order valence-electron chi connectivity index (χ1n) is 7.19. The van der Waals surface area contributed by atoms with Gasteiger partial charge >= 0.3 is 5.97 Å². The highest BCUT2D eigenvalue weighted by Gasteiger charge is 2.20. The molecular formula is C16H14FN3O3S. The zero-order valence-electron chi connectivity index (χ0n) is 12.7. The molecule has 0 aliphatic heterocycles. The molecule has 0 saturated carbocycles. The number of para-hydroxylation sites is 1. The van der Waals surface area contributed by atoms with Crippen LogP contribution in [0.25, 0.3) is 4.96 Å². The molecule has 0 unspecified atom stereocenters. The Morgan fingerprint density at radius 1 is 1.42 bits per heavy atom. The number of carbonyl (C=O) groups is 2. The van der Waals surface area contributed by atoms with Gasteiger partial charge in [0.1, 0.15) is 5.82 Å². The van der Waals surface area contributed by atoms with E-state index in [4.69, 9.17) is 4.74 Å². The summed E-state index contributed by atoms with van der Waals surface area (Å²) in [5, 5.41) is 4.28. The number of amides is 1. The second-order valence-corrected chi connectivity index (χ2v) is 5.98. The van der Waals surface area contributed by atoms with Crippen LogP contribution >= 0.6 is 11.3 Å². The van der Waals surface area contributed by atoms with E-state index in [1.807, 2.05) is 16.0 Å². The Hall–Kier alpha value is -2.74. The van der Waals surface area contributed by atoms with Crippen molar-refractivity contribution in [2.75, 3.05) is 5.32 Å². The van der Waals surface area contributed by atoms with Crippen molar-refractivity contribution in [3.63, 3.8) is 0 Å². The van der Waals surface area contributed by atoms with E-state index in [-0.39, 0.29) is 12.1 Å². The van der Waals surface area contributed by atoms with Crippen LogP contribution in [-0.2, 0) is 20.7 Å². The minimum atomic E-state index is -1.04. The van der Waals surface area contributed by atoms with Crippen LogP contribution in [0.1, 0.15) is 12.6 Å². The third-order valence-corrected chi connectivity index (χ3v) is 4.05. The van der Waals surface area contributed by atoms with Crippen molar-refractivity contribution in [1.82, 2.24) is 9.38 Å². The molecule has 0 aliphatic carbocycles. The van der Waals surface area contributed by atoms with Crippen LogP contribution in [0, 0.1) is 5.82 Å². The van der Waals surface area contributed by atoms with Crippen molar-refractivity contribution in [3.8, 4) is 0 Å². The average molecular weight is 347 g/mol. The Labute approximate surface area is 140 Å². The normalized spacial score (nSPS) is 12.1. The molecule has 0 bridgehead atoms. The molecule has 1 aromatic carbocycles. The molecule has 1 N–H and O–H groups in total. The molecule has 0 saturated heterocycles. The third-order valence-electron chi connectivity index (χ3n) is 3.28. The van der Waals surface area contributed by atoms with Crippen molar-refractivity contribution in [1.29, 1.82) is 0 Å². The van der Waals surface area contributed by atoms with Crippen LogP contribution in [0.4, 0.5) is 10.1 Å². The lowest BCUT2D eigenvalue weighted by Gasteiger charge is -2.13. The van der Waals surface area contributed by atoms with Gasteiger partial charge in [0.2, 0.25) is 0 Å². The molecule has 24 heavy (non-hydrogen) atoms. The maximum Gasteiger partial charge on any atom is 0.312 e. The number of fused-ring (bicyclic) bond motifs is 1. The van der Waals surface area contributed by atoms with Crippen LogP contribution in [0.3, 0.4) is 0 Å². The first-order chi connectivity index (χ1) is 11.5. The van der Waals surface area contributed by atoms with Gasteiger partial charge in [0.05, 0.1) is 17.8 Å². The fourth-order valence-corrected chi connectivity index (χ4v) is 2.82. The Morgan fingerprint density at radius 3 is 2.96 bits per heavy atom. The van der Waals surface area contributed by atoms with E-state index in [0.29, 0.717) is 5.69 Å². The van der Waals surface area contributed by atoms with E-state index < -0.39 is 23.8 Å². The number of carbonyl (C=O) groups excluding carboxylic acids is 2. The number of aromatic nitrogens is 2. The van der Waals surface area contributed by atoms with Crippen LogP contribution in [-0.4, -0.2) is 27.4 Å². The van der Waals surface area contributed by atoms with Gasteiger partial charge in [-0.15, -0.1) is 11.3 Å². The number of hydrogen-bond donors (Lipinski definition) is 1. The topological polar surface area (TPSA) is 72.7 Å². The lowest BCUT2D eigenvalue weighted by molar-refractivity contribution is -0.152. The number of rotatable bonds is 5. The summed E-state index contributed by atoms with van der Waals surface area (Å²) in [5.41, 5.74) is 0.605. The van der Waals surface area contributed by atoms with Gasteiger partial charge in [0.25, 0.3) is 5.91 Å². The van der Waals surface area contributed by atoms with Crippen molar-refractivity contribution in [2.24, 2.45) is 0 Å². The summed E-state index contributed by atoms with van der Waals surface area (Å²) < 4.78 is 20.4. The van der Waals surface area contributed by atoms with E-state index in [1.165, 1.54) is 36.5 Å². The number of thiazole rings is 1. The van der Waals surface area contributed by atoms with Gasteiger partial charge < -0.3 is 10.1 Å². The largest absolute Gasteiger partial charge is 0.452 e. The number of esters is 1. The summed E-state index contributed by atoms with van der Waals surface area (Å²) in [6.07, 6.45) is 2.50. The van der Waals surface area contributed by atoms with E-state index in [2.05, 4.69) is 10.3 Å². The van der Waals surface area contributed by atoms with Crippen LogP contribution in [0.5, 0.6) is 0 Å². The average Bonchev–Trinajstić information content (AvgIpc) is 3.10. The smallest absolute Gasteiger partial charge is 0.312 e. The Balaban J connectivity index is 1.56. The van der Waals surface area contributed by atoms with Gasteiger partial charge in [-0.1, -0.05) is 12.1 Å². The van der Waals surface area contributed by atoms with Gasteiger partial charge in [-0.3, -0.25) is 14.0 Å². The number of anilines is 1. The molecule has 2 heterocycles. The quantitative estimate of drug-likeness (QED) is 0.720. The highest BCUT2D eigenvalue weighted by atomic mass is 32.1. The summed E-state index contributed by atoms with van der Waals surface area (Å²) in [6.45, 7) is 1.43. The van der Waals surface area contributed by atoms with E-state index in [1.54, 1.807) is 12.3 Å². The molecular weight excluding hydrogens is 333 g/mol. The standard InChI is InChI=1S/C16H14FN3O3S/c1-10(15(22)19-13-5-3-2-4-12(13)17)23-14(21)8-11-9-20-6-7-24-16(20)18-11/h2-7,9-10H,8H2,1H3,(H,19,22)/t10-/m1/s1. The van der Waals surface area contributed by atoms with Gasteiger partial charge in [-0.05, 0) is 19.1 Å². The number of imidazole rings is 1.